The molecule has 2 aromatic rings. The zero-order valence-corrected chi connectivity index (χ0v) is 11.2. The molecule has 0 radical (unpaired) electrons. The first-order valence-electron chi connectivity index (χ1n) is 5.96. The molecule has 2 N–H and O–H groups in total. The number of hydrogen-bond acceptors (Lipinski definition) is 5. The lowest BCUT2D eigenvalue weighted by Gasteiger charge is -2.06. The number of methoxy groups -OCH3 is 1. The third kappa shape index (κ3) is 3.27. The van der Waals surface area contributed by atoms with E-state index in [-0.39, 0.29) is 0 Å². The molecule has 0 unspecified atom stereocenters. The van der Waals surface area contributed by atoms with Crippen molar-refractivity contribution in [1.29, 1.82) is 0 Å². The summed E-state index contributed by atoms with van der Waals surface area (Å²) in [6, 6.07) is 8.07. The Balaban J connectivity index is 1.97. The van der Waals surface area contributed by atoms with Gasteiger partial charge in [0.25, 0.3) is 0 Å². The van der Waals surface area contributed by atoms with Gasteiger partial charge in [-0.15, -0.1) is 21.5 Å². The highest BCUT2D eigenvalue weighted by Gasteiger charge is 2.06. The Kier molecular flexibility index (Phi) is 4.66. The summed E-state index contributed by atoms with van der Waals surface area (Å²) in [5, 5.41) is 10.4. The molecule has 0 aliphatic rings. The minimum Gasteiger partial charge on any atom is -0.496 e. The molecule has 0 aliphatic carbocycles. The second-order valence-electron chi connectivity index (χ2n) is 3.94. The van der Waals surface area contributed by atoms with Crippen molar-refractivity contribution < 1.29 is 4.74 Å². The summed E-state index contributed by atoms with van der Waals surface area (Å²) in [5.41, 5.74) is 6.70. The van der Waals surface area contributed by atoms with Gasteiger partial charge in [0, 0.05) is 12.8 Å². The highest BCUT2D eigenvalue weighted by Crippen LogP contribution is 2.20. The molecule has 18 heavy (non-hydrogen) atoms. The molecule has 1 aromatic carbocycles. The first-order chi connectivity index (χ1) is 8.83. The van der Waals surface area contributed by atoms with Crippen LogP contribution in [0.2, 0.25) is 0 Å². The zero-order chi connectivity index (χ0) is 12.8. The molecule has 2 rings (SSSR count). The molecule has 0 saturated heterocycles. The summed E-state index contributed by atoms with van der Waals surface area (Å²) in [6.45, 7) is 0.626. The second-order valence-corrected chi connectivity index (χ2v) is 5.09. The Bertz CT molecular complexity index is 498. The summed E-state index contributed by atoms with van der Waals surface area (Å²) in [6.07, 6.45) is 2.62. The lowest BCUT2D eigenvalue weighted by Crippen LogP contribution is -2.01. The van der Waals surface area contributed by atoms with Crippen LogP contribution in [0, 0.1) is 0 Å². The fraction of sp³-hybridized carbons (Fsp3) is 0.385. The largest absolute Gasteiger partial charge is 0.496 e. The number of rotatable bonds is 6. The Morgan fingerprint density at radius 3 is 2.56 bits per heavy atom. The molecule has 0 saturated carbocycles. The van der Waals surface area contributed by atoms with E-state index in [4.69, 9.17) is 10.5 Å². The Morgan fingerprint density at radius 1 is 1.11 bits per heavy atom. The van der Waals surface area contributed by atoms with E-state index in [0.717, 1.165) is 35.0 Å². The molecule has 0 spiro atoms. The van der Waals surface area contributed by atoms with E-state index in [9.17, 15) is 0 Å². The summed E-state index contributed by atoms with van der Waals surface area (Å²) < 4.78 is 5.33. The summed E-state index contributed by atoms with van der Waals surface area (Å²) in [5.74, 6) is 0.934. The molecule has 96 valence electrons. The van der Waals surface area contributed by atoms with Gasteiger partial charge in [-0.2, -0.15) is 0 Å². The minimum absolute atomic E-state index is 0.626. The molecular formula is C13H17N3OS. The van der Waals surface area contributed by atoms with Crippen molar-refractivity contribution in [2.45, 2.75) is 19.3 Å². The van der Waals surface area contributed by atoms with E-state index in [1.54, 1.807) is 18.4 Å². The molecule has 4 nitrogen and oxygen atoms in total. The first-order valence-corrected chi connectivity index (χ1v) is 6.78. The van der Waals surface area contributed by atoms with Crippen molar-refractivity contribution in [3.05, 3.63) is 39.8 Å². The quantitative estimate of drug-likeness (QED) is 0.863. The van der Waals surface area contributed by atoms with Gasteiger partial charge in [0.2, 0.25) is 0 Å². The number of hydrogen-bond donors (Lipinski definition) is 1. The molecule has 0 bridgehead atoms. The number of aromatic nitrogens is 2. The van der Waals surface area contributed by atoms with E-state index in [1.165, 1.54) is 5.56 Å². The second kappa shape index (κ2) is 6.47. The highest BCUT2D eigenvalue weighted by atomic mass is 32.1. The standard InChI is InChI=1S/C13H17N3OS/c1-17-11-5-3-2-4-10(11)6-7-12-15-16-13(18-12)8-9-14/h2-5H,6-9,14H2,1H3. The number of ether oxygens (including phenoxy) is 1. The molecule has 0 aliphatic heterocycles. The van der Waals surface area contributed by atoms with Crippen molar-refractivity contribution in [3.63, 3.8) is 0 Å². The normalized spacial score (nSPS) is 10.6. The average molecular weight is 263 g/mol. The maximum atomic E-state index is 5.50. The van der Waals surface area contributed by atoms with Crippen LogP contribution >= 0.6 is 11.3 Å². The highest BCUT2D eigenvalue weighted by molar-refractivity contribution is 7.11. The van der Waals surface area contributed by atoms with Crippen LogP contribution < -0.4 is 10.5 Å². The maximum absolute atomic E-state index is 5.50. The molecule has 5 heteroatoms. The monoisotopic (exact) mass is 263 g/mol. The SMILES string of the molecule is COc1ccccc1CCc1nnc(CCN)s1. The van der Waals surface area contributed by atoms with Crippen LogP contribution in [0.25, 0.3) is 0 Å². The third-order valence-corrected chi connectivity index (χ3v) is 3.71. The summed E-state index contributed by atoms with van der Waals surface area (Å²) in [7, 11) is 1.70. The van der Waals surface area contributed by atoms with Gasteiger partial charge in [0.05, 0.1) is 7.11 Å². The number of nitrogens with zero attached hydrogens (tertiary/aromatic N) is 2. The van der Waals surface area contributed by atoms with Crippen LogP contribution in [0.4, 0.5) is 0 Å². The Hall–Kier alpha value is -1.46. The fourth-order valence-electron chi connectivity index (χ4n) is 1.76. The number of benzene rings is 1. The van der Waals surface area contributed by atoms with Crippen molar-refractivity contribution in [1.82, 2.24) is 10.2 Å². The van der Waals surface area contributed by atoms with Crippen molar-refractivity contribution in [2.24, 2.45) is 5.73 Å². The molecule has 0 amide bonds. The molecule has 0 fully saturated rings. The Labute approximate surface area is 111 Å². The van der Waals surface area contributed by atoms with Gasteiger partial charge in [-0.1, -0.05) is 18.2 Å². The topological polar surface area (TPSA) is 61.0 Å². The van der Waals surface area contributed by atoms with Crippen LogP contribution in [0.1, 0.15) is 15.6 Å². The van der Waals surface area contributed by atoms with Crippen LogP contribution in [0.5, 0.6) is 5.75 Å². The maximum Gasteiger partial charge on any atom is 0.122 e. The van der Waals surface area contributed by atoms with E-state index in [1.807, 2.05) is 18.2 Å². The fourth-order valence-corrected chi connectivity index (χ4v) is 2.62. The van der Waals surface area contributed by atoms with E-state index in [2.05, 4.69) is 16.3 Å². The van der Waals surface area contributed by atoms with Gasteiger partial charge < -0.3 is 10.5 Å². The van der Waals surface area contributed by atoms with E-state index >= 15 is 0 Å². The minimum atomic E-state index is 0.626. The zero-order valence-electron chi connectivity index (χ0n) is 10.4. The third-order valence-electron chi connectivity index (χ3n) is 2.67. The van der Waals surface area contributed by atoms with Gasteiger partial charge in [0.1, 0.15) is 15.8 Å². The average Bonchev–Trinajstić information content (AvgIpc) is 2.85. The van der Waals surface area contributed by atoms with Gasteiger partial charge in [-0.3, -0.25) is 0 Å². The van der Waals surface area contributed by atoms with Crippen molar-refractivity contribution in [2.75, 3.05) is 13.7 Å². The van der Waals surface area contributed by atoms with Gasteiger partial charge >= 0.3 is 0 Å². The number of nitrogens with two attached hydrogens (primary N) is 1. The van der Waals surface area contributed by atoms with Crippen molar-refractivity contribution >= 4 is 11.3 Å². The number of aryl methyl sites for hydroxylation is 2. The van der Waals surface area contributed by atoms with Crippen molar-refractivity contribution in [3.8, 4) is 5.75 Å². The molecule has 1 aromatic heterocycles. The Morgan fingerprint density at radius 2 is 1.83 bits per heavy atom. The van der Waals surface area contributed by atoms with E-state index < -0.39 is 0 Å². The molecule has 0 atom stereocenters. The molecular weight excluding hydrogens is 246 g/mol. The van der Waals surface area contributed by atoms with Crippen LogP contribution in [-0.2, 0) is 19.3 Å². The first kappa shape index (κ1) is 13.0. The van der Waals surface area contributed by atoms with Crippen LogP contribution in [0.3, 0.4) is 0 Å². The van der Waals surface area contributed by atoms with Crippen LogP contribution in [0.15, 0.2) is 24.3 Å². The van der Waals surface area contributed by atoms with E-state index in [0.29, 0.717) is 6.54 Å². The smallest absolute Gasteiger partial charge is 0.122 e. The van der Waals surface area contributed by atoms with Gasteiger partial charge in [-0.25, -0.2) is 0 Å². The summed E-state index contributed by atoms with van der Waals surface area (Å²) in [4.78, 5) is 0. The predicted molar refractivity (Wildman–Crippen MR) is 73.1 cm³/mol. The lowest BCUT2D eigenvalue weighted by molar-refractivity contribution is 0.409. The lowest BCUT2D eigenvalue weighted by atomic mass is 10.1. The van der Waals surface area contributed by atoms with Gasteiger partial charge in [-0.05, 0) is 24.6 Å². The van der Waals surface area contributed by atoms with Gasteiger partial charge in [0.15, 0.2) is 0 Å². The molecule has 1 heterocycles. The summed E-state index contributed by atoms with van der Waals surface area (Å²) >= 11 is 1.65. The predicted octanol–water partition coefficient (Wildman–Crippen LogP) is 1.83. The van der Waals surface area contributed by atoms with Crippen LogP contribution in [-0.4, -0.2) is 23.9 Å². The number of para-hydroxylation sites is 1.